The molecular weight excluding hydrogens is 184 g/mol. The predicted molar refractivity (Wildman–Crippen MR) is 62.7 cm³/mol. The number of hydrogen-bond donors (Lipinski definition) is 0. The molecule has 2 bridgehead atoms. The van der Waals surface area contributed by atoms with Crippen molar-refractivity contribution in [1.29, 1.82) is 0 Å². The lowest BCUT2D eigenvalue weighted by Gasteiger charge is -2.49. The molecule has 0 aromatic rings. The third-order valence-corrected chi connectivity index (χ3v) is 4.86. The SMILES string of the molecule is CCCCCC1CC2CCC1(C=O)CC2. The molecule has 1 unspecified atom stereocenters. The fourth-order valence-electron chi connectivity index (χ4n) is 3.76. The minimum atomic E-state index is 0.114. The van der Waals surface area contributed by atoms with Gasteiger partial charge in [0.2, 0.25) is 0 Å². The summed E-state index contributed by atoms with van der Waals surface area (Å²) in [5.41, 5.74) is 0.114. The quantitative estimate of drug-likeness (QED) is 0.493. The maximum atomic E-state index is 11.4. The average Bonchev–Trinajstić information content (AvgIpc) is 2.31. The molecule has 0 N–H and O–H groups in total. The zero-order valence-electron chi connectivity index (χ0n) is 10.0. The Morgan fingerprint density at radius 1 is 1.27 bits per heavy atom. The van der Waals surface area contributed by atoms with Gasteiger partial charge in [-0.15, -0.1) is 0 Å². The van der Waals surface area contributed by atoms with Crippen molar-refractivity contribution >= 4 is 6.29 Å². The zero-order valence-corrected chi connectivity index (χ0v) is 10.0. The fraction of sp³-hybridized carbons (Fsp3) is 0.929. The molecular formula is C14H24O. The Morgan fingerprint density at radius 3 is 2.60 bits per heavy atom. The molecule has 0 radical (unpaired) electrons. The summed E-state index contributed by atoms with van der Waals surface area (Å²) < 4.78 is 0. The van der Waals surface area contributed by atoms with Crippen molar-refractivity contribution in [2.45, 2.75) is 64.7 Å². The molecule has 0 heterocycles. The first kappa shape index (κ1) is 11.2. The molecule has 0 aromatic carbocycles. The van der Waals surface area contributed by atoms with Gasteiger partial charge in [0.25, 0.3) is 0 Å². The van der Waals surface area contributed by atoms with Gasteiger partial charge in [-0.25, -0.2) is 0 Å². The number of rotatable bonds is 5. The van der Waals surface area contributed by atoms with E-state index in [0.29, 0.717) is 0 Å². The molecule has 3 rings (SSSR count). The van der Waals surface area contributed by atoms with E-state index in [2.05, 4.69) is 6.92 Å². The number of hydrogen-bond acceptors (Lipinski definition) is 1. The zero-order chi connectivity index (χ0) is 10.7. The highest BCUT2D eigenvalue weighted by atomic mass is 16.1. The Labute approximate surface area is 93.6 Å². The summed E-state index contributed by atoms with van der Waals surface area (Å²) in [6.07, 6.45) is 13.0. The summed E-state index contributed by atoms with van der Waals surface area (Å²) in [5, 5.41) is 0. The average molecular weight is 208 g/mol. The molecule has 0 spiro atoms. The van der Waals surface area contributed by atoms with Gasteiger partial charge in [0.15, 0.2) is 0 Å². The van der Waals surface area contributed by atoms with Crippen LogP contribution in [0.3, 0.4) is 0 Å². The van der Waals surface area contributed by atoms with E-state index in [-0.39, 0.29) is 5.41 Å². The van der Waals surface area contributed by atoms with E-state index in [1.54, 1.807) is 0 Å². The number of fused-ring (bicyclic) bond motifs is 3. The van der Waals surface area contributed by atoms with E-state index in [9.17, 15) is 4.79 Å². The summed E-state index contributed by atoms with van der Waals surface area (Å²) in [7, 11) is 0. The van der Waals surface area contributed by atoms with Crippen molar-refractivity contribution in [2.75, 3.05) is 0 Å². The largest absolute Gasteiger partial charge is 0.303 e. The Balaban J connectivity index is 1.94. The minimum Gasteiger partial charge on any atom is -0.303 e. The highest BCUT2D eigenvalue weighted by molar-refractivity contribution is 5.60. The van der Waals surface area contributed by atoms with Crippen LogP contribution in [0.15, 0.2) is 0 Å². The number of aldehydes is 1. The van der Waals surface area contributed by atoms with E-state index in [1.807, 2.05) is 0 Å². The topological polar surface area (TPSA) is 17.1 Å². The minimum absolute atomic E-state index is 0.114. The van der Waals surface area contributed by atoms with E-state index in [1.165, 1.54) is 64.1 Å². The summed E-state index contributed by atoms with van der Waals surface area (Å²) in [6.45, 7) is 2.25. The molecule has 0 aliphatic heterocycles. The van der Waals surface area contributed by atoms with Gasteiger partial charge in [0.1, 0.15) is 6.29 Å². The Bertz CT molecular complexity index is 213. The van der Waals surface area contributed by atoms with Crippen LogP contribution in [0.2, 0.25) is 0 Å². The van der Waals surface area contributed by atoms with E-state index in [4.69, 9.17) is 0 Å². The maximum absolute atomic E-state index is 11.4. The smallest absolute Gasteiger partial charge is 0.126 e. The predicted octanol–water partition coefficient (Wildman–Crippen LogP) is 3.96. The molecule has 1 atom stereocenters. The van der Waals surface area contributed by atoms with Gasteiger partial charge in [-0.2, -0.15) is 0 Å². The van der Waals surface area contributed by atoms with Crippen molar-refractivity contribution < 1.29 is 4.79 Å². The van der Waals surface area contributed by atoms with E-state index < -0.39 is 0 Å². The van der Waals surface area contributed by atoms with Crippen molar-refractivity contribution in [2.24, 2.45) is 17.3 Å². The van der Waals surface area contributed by atoms with Gasteiger partial charge in [-0.05, 0) is 50.4 Å². The number of carbonyl (C=O) groups is 1. The highest BCUT2D eigenvalue weighted by Gasteiger charge is 2.46. The Kier molecular flexibility index (Phi) is 3.48. The molecule has 1 heteroatoms. The van der Waals surface area contributed by atoms with Crippen LogP contribution in [0, 0.1) is 17.3 Å². The molecule has 0 aromatic heterocycles. The van der Waals surface area contributed by atoms with E-state index in [0.717, 1.165) is 11.8 Å². The first-order chi connectivity index (χ1) is 7.30. The molecule has 3 fully saturated rings. The first-order valence-corrected chi connectivity index (χ1v) is 6.77. The fourth-order valence-corrected chi connectivity index (χ4v) is 3.76. The second-order valence-electron chi connectivity index (χ2n) is 5.72. The van der Waals surface area contributed by atoms with E-state index >= 15 is 0 Å². The van der Waals surface area contributed by atoms with Gasteiger partial charge in [-0.3, -0.25) is 0 Å². The molecule has 3 aliphatic carbocycles. The first-order valence-electron chi connectivity index (χ1n) is 6.77. The molecule has 1 nitrogen and oxygen atoms in total. The lowest BCUT2D eigenvalue weighted by Crippen LogP contribution is -2.43. The molecule has 3 aliphatic rings. The van der Waals surface area contributed by atoms with Crippen LogP contribution >= 0.6 is 0 Å². The Morgan fingerprint density at radius 2 is 2.00 bits per heavy atom. The van der Waals surface area contributed by atoms with Crippen molar-refractivity contribution in [3.8, 4) is 0 Å². The third kappa shape index (κ3) is 2.11. The molecule has 15 heavy (non-hydrogen) atoms. The van der Waals surface area contributed by atoms with Crippen LogP contribution in [-0.2, 0) is 4.79 Å². The van der Waals surface area contributed by atoms with Crippen LogP contribution in [0.4, 0.5) is 0 Å². The van der Waals surface area contributed by atoms with Crippen molar-refractivity contribution in [3.63, 3.8) is 0 Å². The van der Waals surface area contributed by atoms with Gasteiger partial charge in [0, 0.05) is 5.41 Å². The maximum Gasteiger partial charge on any atom is 0.126 e. The molecule has 0 amide bonds. The van der Waals surface area contributed by atoms with Crippen molar-refractivity contribution in [1.82, 2.24) is 0 Å². The summed E-state index contributed by atoms with van der Waals surface area (Å²) in [6, 6.07) is 0. The third-order valence-electron chi connectivity index (χ3n) is 4.86. The van der Waals surface area contributed by atoms with Gasteiger partial charge < -0.3 is 4.79 Å². The highest BCUT2D eigenvalue weighted by Crippen LogP contribution is 2.54. The van der Waals surface area contributed by atoms with Crippen LogP contribution in [-0.4, -0.2) is 6.29 Å². The number of unbranched alkanes of at least 4 members (excludes halogenated alkanes) is 2. The normalized spacial score (nSPS) is 39.3. The lowest BCUT2D eigenvalue weighted by atomic mass is 9.55. The number of carbonyl (C=O) groups excluding carboxylic acids is 1. The van der Waals surface area contributed by atoms with Gasteiger partial charge in [0.05, 0.1) is 0 Å². The standard InChI is InChI=1S/C14H24O/c1-2-3-4-5-13-10-12-6-8-14(13,11-15)9-7-12/h11-13H,2-10H2,1H3. The second kappa shape index (κ2) is 4.67. The van der Waals surface area contributed by atoms with Gasteiger partial charge >= 0.3 is 0 Å². The molecule has 0 saturated heterocycles. The van der Waals surface area contributed by atoms with Crippen LogP contribution in [0.5, 0.6) is 0 Å². The summed E-state index contributed by atoms with van der Waals surface area (Å²) >= 11 is 0. The van der Waals surface area contributed by atoms with Gasteiger partial charge in [-0.1, -0.05) is 26.2 Å². The van der Waals surface area contributed by atoms with Crippen LogP contribution < -0.4 is 0 Å². The summed E-state index contributed by atoms with van der Waals surface area (Å²) in [5.74, 6) is 1.69. The Hall–Kier alpha value is -0.330. The molecule has 3 saturated carbocycles. The van der Waals surface area contributed by atoms with Crippen LogP contribution in [0.25, 0.3) is 0 Å². The second-order valence-corrected chi connectivity index (χ2v) is 5.72. The molecule has 86 valence electrons. The lowest BCUT2D eigenvalue weighted by molar-refractivity contribution is -0.127. The monoisotopic (exact) mass is 208 g/mol. The van der Waals surface area contributed by atoms with Crippen LogP contribution in [0.1, 0.15) is 64.7 Å². The summed E-state index contributed by atoms with van der Waals surface area (Å²) in [4.78, 5) is 11.4. The van der Waals surface area contributed by atoms with Crippen molar-refractivity contribution in [3.05, 3.63) is 0 Å².